The number of amides is 1. The number of carbonyl (C=O) groups excluding carboxylic acids is 1. The van der Waals surface area contributed by atoms with Gasteiger partial charge in [-0.3, -0.25) is 4.79 Å². The zero-order valence-corrected chi connectivity index (χ0v) is 16.1. The van der Waals surface area contributed by atoms with Gasteiger partial charge in [-0.15, -0.1) is 0 Å². The molecule has 0 atom stereocenters. The van der Waals surface area contributed by atoms with E-state index in [1.807, 2.05) is 4.90 Å². The van der Waals surface area contributed by atoms with Crippen molar-refractivity contribution in [3.63, 3.8) is 0 Å². The highest BCUT2D eigenvalue weighted by Gasteiger charge is 2.15. The second kappa shape index (κ2) is 16.1. The van der Waals surface area contributed by atoms with Crippen molar-refractivity contribution in [3.05, 3.63) is 36.5 Å². The number of hydrogen-bond acceptors (Lipinski definition) is 2. The van der Waals surface area contributed by atoms with E-state index in [-0.39, 0.29) is 0 Å². The van der Waals surface area contributed by atoms with Crippen LogP contribution in [-0.2, 0) is 9.53 Å². The summed E-state index contributed by atoms with van der Waals surface area (Å²) in [6, 6.07) is 0. The van der Waals surface area contributed by atoms with E-state index in [1.165, 1.54) is 32.1 Å². The van der Waals surface area contributed by atoms with Gasteiger partial charge in [-0.2, -0.15) is 0 Å². The highest BCUT2D eigenvalue weighted by Crippen LogP contribution is 2.10. The average molecular weight is 348 g/mol. The average Bonchev–Trinajstić information content (AvgIpc) is 2.65. The van der Waals surface area contributed by atoms with Gasteiger partial charge in [-0.1, -0.05) is 62.6 Å². The minimum atomic E-state index is 0.310. The molecule has 0 N–H and O–H groups in total. The lowest BCUT2D eigenvalue weighted by molar-refractivity contribution is -0.135. The number of carbonyl (C=O) groups is 1. The number of hydrogen-bond donors (Lipinski definition) is 0. The molecule has 0 spiro atoms. The minimum Gasteiger partial charge on any atom is -0.378 e. The molecule has 1 heterocycles. The number of allylic oxidation sites excluding steroid dienone is 6. The van der Waals surface area contributed by atoms with Crippen LogP contribution in [0.4, 0.5) is 0 Å². The fourth-order valence-corrected chi connectivity index (χ4v) is 2.87. The van der Waals surface area contributed by atoms with Gasteiger partial charge in [-0.25, -0.2) is 0 Å². The smallest absolute Gasteiger partial charge is 0.222 e. The molecule has 0 aromatic rings. The Morgan fingerprint density at radius 1 is 0.840 bits per heavy atom. The molecule has 0 aliphatic carbocycles. The van der Waals surface area contributed by atoms with Crippen molar-refractivity contribution >= 4 is 5.91 Å². The number of rotatable bonds is 13. The predicted molar refractivity (Wildman–Crippen MR) is 107 cm³/mol. The first kappa shape index (κ1) is 21.7. The van der Waals surface area contributed by atoms with Gasteiger partial charge in [0.2, 0.25) is 5.91 Å². The molecule has 1 aliphatic rings. The lowest BCUT2D eigenvalue weighted by Crippen LogP contribution is -2.40. The molecular weight excluding hydrogens is 310 g/mol. The highest BCUT2D eigenvalue weighted by molar-refractivity contribution is 5.76. The largest absolute Gasteiger partial charge is 0.378 e. The Morgan fingerprint density at radius 2 is 1.44 bits per heavy atom. The minimum absolute atomic E-state index is 0.310. The first-order valence-electron chi connectivity index (χ1n) is 10.1. The maximum absolute atomic E-state index is 12.0. The standard InChI is InChI=1S/C22H37NO2/c1-2-3-4-5-6-7-8-9-10-11-12-13-14-15-16-17-22(24)23-18-20-25-21-19-23/h3-4,6-7,9-10H,2,5,8,11-21H2,1H3/b4-3-,7-6-,10-9-. The molecule has 1 fully saturated rings. The Morgan fingerprint density at radius 3 is 2.16 bits per heavy atom. The molecule has 3 nitrogen and oxygen atoms in total. The summed E-state index contributed by atoms with van der Waals surface area (Å²) in [5.74, 6) is 0.310. The fourth-order valence-electron chi connectivity index (χ4n) is 2.87. The van der Waals surface area contributed by atoms with Crippen LogP contribution in [0.15, 0.2) is 36.5 Å². The van der Waals surface area contributed by atoms with Crippen molar-refractivity contribution < 1.29 is 9.53 Å². The van der Waals surface area contributed by atoms with Crippen molar-refractivity contribution in [3.8, 4) is 0 Å². The topological polar surface area (TPSA) is 29.5 Å². The number of ether oxygens (including phenoxy) is 1. The van der Waals surface area contributed by atoms with Crippen LogP contribution in [0.2, 0.25) is 0 Å². The molecule has 142 valence electrons. The van der Waals surface area contributed by atoms with Gasteiger partial charge in [0.25, 0.3) is 0 Å². The third-order valence-corrected chi connectivity index (χ3v) is 4.41. The normalized spacial score (nSPS) is 15.8. The van der Waals surface area contributed by atoms with Gasteiger partial charge in [0, 0.05) is 19.5 Å². The summed E-state index contributed by atoms with van der Waals surface area (Å²) in [6.45, 7) is 5.11. The summed E-state index contributed by atoms with van der Waals surface area (Å²) >= 11 is 0. The second-order valence-corrected chi connectivity index (χ2v) is 6.59. The summed E-state index contributed by atoms with van der Waals surface area (Å²) < 4.78 is 5.28. The van der Waals surface area contributed by atoms with Crippen LogP contribution < -0.4 is 0 Å². The number of nitrogens with zero attached hydrogens (tertiary/aromatic N) is 1. The molecule has 1 amide bonds. The highest BCUT2D eigenvalue weighted by atomic mass is 16.5. The monoisotopic (exact) mass is 347 g/mol. The van der Waals surface area contributed by atoms with E-state index < -0.39 is 0 Å². The third-order valence-electron chi connectivity index (χ3n) is 4.41. The summed E-state index contributed by atoms with van der Waals surface area (Å²) in [7, 11) is 0. The number of unbranched alkanes of at least 4 members (excludes halogenated alkanes) is 5. The number of morpholine rings is 1. The van der Waals surface area contributed by atoms with Crippen molar-refractivity contribution in [1.82, 2.24) is 4.90 Å². The van der Waals surface area contributed by atoms with Gasteiger partial charge >= 0.3 is 0 Å². The fraction of sp³-hybridized carbons (Fsp3) is 0.682. The van der Waals surface area contributed by atoms with Gasteiger partial charge in [0.1, 0.15) is 0 Å². The SMILES string of the molecule is CC/C=C\C/C=C\C/C=C\CCCCCCCC(=O)N1CCOCC1. The lowest BCUT2D eigenvalue weighted by atomic mass is 10.1. The van der Waals surface area contributed by atoms with Crippen LogP contribution in [-0.4, -0.2) is 37.1 Å². The molecule has 0 aromatic carbocycles. The quantitative estimate of drug-likeness (QED) is 0.328. The van der Waals surface area contributed by atoms with Gasteiger partial charge in [-0.05, 0) is 38.5 Å². The molecule has 1 saturated heterocycles. The zero-order valence-electron chi connectivity index (χ0n) is 16.1. The Kier molecular flexibility index (Phi) is 14.0. The summed E-state index contributed by atoms with van der Waals surface area (Å²) in [4.78, 5) is 13.9. The molecule has 0 aromatic heterocycles. The molecule has 0 unspecified atom stereocenters. The molecule has 3 heteroatoms. The van der Waals surface area contributed by atoms with E-state index in [0.29, 0.717) is 25.5 Å². The second-order valence-electron chi connectivity index (χ2n) is 6.59. The molecule has 0 radical (unpaired) electrons. The van der Waals surface area contributed by atoms with Crippen molar-refractivity contribution in [2.45, 2.75) is 71.1 Å². The Balaban J connectivity index is 1.86. The first-order valence-corrected chi connectivity index (χ1v) is 10.1. The molecular formula is C22H37NO2. The maximum Gasteiger partial charge on any atom is 0.222 e. The molecule has 1 rings (SSSR count). The maximum atomic E-state index is 12.0. The third kappa shape index (κ3) is 12.6. The van der Waals surface area contributed by atoms with E-state index in [0.717, 1.165) is 38.8 Å². The van der Waals surface area contributed by atoms with Crippen LogP contribution in [0, 0.1) is 0 Å². The Bertz CT molecular complexity index is 406. The van der Waals surface area contributed by atoms with Crippen molar-refractivity contribution in [2.24, 2.45) is 0 Å². The van der Waals surface area contributed by atoms with E-state index in [4.69, 9.17) is 4.74 Å². The summed E-state index contributed by atoms with van der Waals surface area (Å²) in [5, 5.41) is 0. The zero-order chi connectivity index (χ0) is 18.0. The van der Waals surface area contributed by atoms with Crippen LogP contribution in [0.1, 0.15) is 71.1 Å². The first-order chi connectivity index (χ1) is 12.3. The van der Waals surface area contributed by atoms with E-state index in [9.17, 15) is 4.79 Å². The van der Waals surface area contributed by atoms with Crippen molar-refractivity contribution in [2.75, 3.05) is 26.3 Å². The van der Waals surface area contributed by atoms with Crippen molar-refractivity contribution in [1.29, 1.82) is 0 Å². The van der Waals surface area contributed by atoms with E-state index >= 15 is 0 Å². The molecule has 0 saturated carbocycles. The van der Waals surface area contributed by atoms with E-state index in [1.54, 1.807) is 0 Å². The van der Waals surface area contributed by atoms with E-state index in [2.05, 4.69) is 43.4 Å². The van der Waals surface area contributed by atoms with Gasteiger partial charge in [0.05, 0.1) is 13.2 Å². The predicted octanol–water partition coefficient (Wildman–Crippen LogP) is 5.43. The van der Waals surface area contributed by atoms with Crippen LogP contribution in [0.25, 0.3) is 0 Å². The van der Waals surface area contributed by atoms with Gasteiger partial charge in [0.15, 0.2) is 0 Å². The summed E-state index contributed by atoms with van der Waals surface area (Å²) in [5.41, 5.74) is 0. The van der Waals surface area contributed by atoms with Gasteiger partial charge < -0.3 is 9.64 Å². The molecule has 1 aliphatic heterocycles. The Hall–Kier alpha value is -1.35. The van der Waals surface area contributed by atoms with Crippen LogP contribution in [0.3, 0.4) is 0 Å². The Labute approximate surface area is 154 Å². The lowest BCUT2D eigenvalue weighted by Gasteiger charge is -2.26. The molecule has 0 bridgehead atoms. The van der Waals surface area contributed by atoms with Crippen LogP contribution >= 0.6 is 0 Å². The molecule has 25 heavy (non-hydrogen) atoms. The summed E-state index contributed by atoms with van der Waals surface area (Å²) in [6.07, 6.45) is 24.5. The van der Waals surface area contributed by atoms with Crippen LogP contribution in [0.5, 0.6) is 0 Å².